The number of rotatable bonds is 9. The maximum atomic E-state index is 6.19. The van der Waals surface area contributed by atoms with E-state index in [0.717, 1.165) is 50.6 Å². The molecule has 0 bridgehead atoms. The number of nitrogens with zero attached hydrogens (tertiary/aromatic N) is 1. The summed E-state index contributed by atoms with van der Waals surface area (Å²) in [4.78, 5) is 2.35. The number of halogens is 2. The Kier molecular flexibility index (Phi) is 10.3. The molecule has 23 heavy (non-hydrogen) atoms. The van der Waals surface area contributed by atoms with Gasteiger partial charge in [0.15, 0.2) is 0 Å². The summed E-state index contributed by atoms with van der Waals surface area (Å²) in [5.41, 5.74) is 1.05. The van der Waals surface area contributed by atoms with Gasteiger partial charge in [-0.2, -0.15) is 0 Å². The van der Waals surface area contributed by atoms with Gasteiger partial charge in [-0.3, -0.25) is 4.90 Å². The van der Waals surface area contributed by atoms with Gasteiger partial charge in [0.2, 0.25) is 0 Å². The van der Waals surface area contributed by atoms with Crippen LogP contribution >= 0.6 is 24.0 Å². The zero-order valence-electron chi connectivity index (χ0n) is 13.3. The zero-order valence-corrected chi connectivity index (χ0v) is 14.9. The van der Waals surface area contributed by atoms with Gasteiger partial charge >= 0.3 is 0 Å². The van der Waals surface area contributed by atoms with Crippen LogP contribution in [-0.2, 0) is 15.9 Å². The molecule has 1 heterocycles. The number of allylic oxidation sites excluding steroid dienone is 1. The number of para-hydroxylation sites is 1. The van der Waals surface area contributed by atoms with E-state index in [1.54, 1.807) is 0 Å². The van der Waals surface area contributed by atoms with E-state index in [2.05, 4.69) is 11.5 Å². The first-order valence-corrected chi connectivity index (χ1v) is 8.08. The maximum Gasteiger partial charge on any atom is 0.141 e. The third-order valence-corrected chi connectivity index (χ3v) is 3.84. The van der Waals surface area contributed by atoms with Crippen LogP contribution in [0.3, 0.4) is 0 Å². The standard InChI is InChI=1S/C17H24ClNO3.ClH/c1-2-4-15-5-3-6-16(18)17(15)22-14-13-21-12-9-19-7-10-20-11-8-19;/h2-3,5-6H,1,4,7-14H2;1H. The SMILES string of the molecule is C=CCc1cccc(Cl)c1OCCOCCN1CCOCC1.Cl. The highest BCUT2D eigenvalue weighted by molar-refractivity contribution is 6.32. The van der Waals surface area contributed by atoms with E-state index >= 15 is 0 Å². The lowest BCUT2D eigenvalue weighted by molar-refractivity contribution is 0.0170. The maximum absolute atomic E-state index is 6.19. The Hall–Kier alpha value is -0.780. The van der Waals surface area contributed by atoms with Gasteiger partial charge in [0.1, 0.15) is 12.4 Å². The largest absolute Gasteiger partial charge is 0.489 e. The van der Waals surface area contributed by atoms with Crippen LogP contribution in [0.5, 0.6) is 5.75 Å². The molecule has 1 aliphatic rings. The summed E-state index contributed by atoms with van der Waals surface area (Å²) in [6.07, 6.45) is 2.59. The van der Waals surface area contributed by atoms with Crippen molar-refractivity contribution in [3.8, 4) is 5.75 Å². The van der Waals surface area contributed by atoms with E-state index in [0.29, 0.717) is 24.8 Å². The third-order valence-electron chi connectivity index (χ3n) is 3.54. The van der Waals surface area contributed by atoms with Crippen LogP contribution in [0.1, 0.15) is 5.56 Å². The van der Waals surface area contributed by atoms with E-state index in [4.69, 9.17) is 25.8 Å². The highest BCUT2D eigenvalue weighted by Crippen LogP contribution is 2.29. The Balaban J connectivity index is 0.00000264. The summed E-state index contributed by atoms with van der Waals surface area (Å²) in [5, 5.41) is 0.632. The molecule has 1 saturated heterocycles. The summed E-state index contributed by atoms with van der Waals surface area (Å²) in [5.74, 6) is 0.737. The lowest BCUT2D eigenvalue weighted by Gasteiger charge is -2.26. The Morgan fingerprint density at radius 3 is 2.74 bits per heavy atom. The first kappa shape index (κ1) is 20.3. The molecule has 0 atom stereocenters. The van der Waals surface area contributed by atoms with E-state index in [9.17, 15) is 0 Å². The van der Waals surface area contributed by atoms with Crippen LogP contribution in [-0.4, -0.2) is 57.6 Å². The van der Waals surface area contributed by atoms with Crippen molar-refractivity contribution in [1.29, 1.82) is 0 Å². The molecule has 0 N–H and O–H groups in total. The minimum Gasteiger partial charge on any atom is -0.489 e. The van der Waals surface area contributed by atoms with Crippen LogP contribution < -0.4 is 4.74 Å². The van der Waals surface area contributed by atoms with Gasteiger partial charge in [0, 0.05) is 19.6 Å². The second-order valence-corrected chi connectivity index (χ2v) is 5.54. The Morgan fingerprint density at radius 2 is 2.00 bits per heavy atom. The molecule has 4 nitrogen and oxygen atoms in total. The van der Waals surface area contributed by atoms with Crippen molar-refractivity contribution in [3.05, 3.63) is 41.4 Å². The molecule has 0 unspecified atom stereocenters. The van der Waals surface area contributed by atoms with Crippen molar-refractivity contribution in [2.75, 3.05) is 52.7 Å². The molecule has 6 heteroatoms. The van der Waals surface area contributed by atoms with Crippen LogP contribution in [0.15, 0.2) is 30.9 Å². The predicted molar refractivity (Wildman–Crippen MR) is 96.2 cm³/mol. The van der Waals surface area contributed by atoms with Gasteiger partial charge in [0.25, 0.3) is 0 Å². The fraction of sp³-hybridized carbons (Fsp3) is 0.529. The molecule has 2 rings (SSSR count). The highest BCUT2D eigenvalue weighted by atomic mass is 35.5. The number of hydrogen-bond donors (Lipinski definition) is 0. The molecule has 130 valence electrons. The first-order chi connectivity index (χ1) is 10.8. The molecule has 0 aliphatic carbocycles. The highest BCUT2D eigenvalue weighted by Gasteiger charge is 2.10. The Labute approximate surface area is 149 Å². The average molecular weight is 362 g/mol. The van der Waals surface area contributed by atoms with E-state index in [-0.39, 0.29) is 12.4 Å². The van der Waals surface area contributed by atoms with Gasteiger partial charge in [0.05, 0.1) is 31.5 Å². The fourth-order valence-corrected chi connectivity index (χ4v) is 2.60. The second-order valence-electron chi connectivity index (χ2n) is 5.14. The Morgan fingerprint density at radius 1 is 1.22 bits per heavy atom. The lowest BCUT2D eigenvalue weighted by atomic mass is 10.1. The smallest absolute Gasteiger partial charge is 0.141 e. The van der Waals surface area contributed by atoms with Gasteiger partial charge in [-0.15, -0.1) is 19.0 Å². The van der Waals surface area contributed by atoms with Crippen molar-refractivity contribution >= 4 is 24.0 Å². The summed E-state index contributed by atoms with van der Waals surface area (Å²) in [6.45, 7) is 10.1. The zero-order chi connectivity index (χ0) is 15.6. The molecule has 1 aromatic carbocycles. The summed E-state index contributed by atoms with van der Waals surface area (Å²) < 4.78 is 16.7. The molecule has 0 amide bonds. The van der Waals surface area contributed by atoms with Crippen molar-refractivity contribution in [1.82, 2.24) is 4.90 Å². The van der Waals surface area contributed by atoms with E-state index in [1.165, 1.54) is 0 Å². The number of benzene rings is 1. The summed E-state index contributed by atoms with van der Waals surface area (Å²) in [7, 11) is 0. The number of morpholine rings is 1. The van der Waals surface area contributed by atoms with Gasteiger partial charge < -0.3 is 14.2 Å². The van der Waals surface area contributed by atoms with Crippen molar-refractivity contribution < 1.29 is 14.2 Å². The van der Waals surface area contributed by atoms with Crippen LogP contribution in [0.25, 0.3) is 0 Å². The summed E-state index contributed by atoms with van der Waals surface area (Å²) in [6, 6.07) is 5.76. The second kappa shape index (κ2) is 11.7. The van der Waals surface area contributed by atoms with Crippen LogP contribution in [0, 0.1) is 0 Å². The van der Waals surface area contributed by atoms with Crippen LogP contribution in [0.4, 0.5) is 0 Å². The number of ether oxygens (including phenoxy) is 3. The van der Waals surface area contributed by atoms with E-state index in [1.807, 2.05) is 24.3 Å². The van der Waals surface area contributed by atoms with Gasteiger partial charge in [-0.1, -0.05) is 29.8 Å². The molecule has 1 aromatic rings. The van der Waals surface area contributed by atoms with E-state index < -0.39 is 0 Å². The monoisotopic (exact) mass is 361 g/mol. The van der Waals surface area contributed by atoms with Crippen molar-refractivity contribution in [2.24, 2.45) is 0 Å². The minimum atomic E-state index is 0. The molecule has 0 aromatic heterocycles. The molecular formula is C17H25Cl2NO3. The average Bonchev–Trinajstić information content (AvgIpc) is 2.54. The fourth-order valence-electron chi connectivity index (χ4n) is 2.35. The normalized spacial score (nSPS) is 15.0. The minimum absolute atomic E-state index is 0. The number of hydrogen-bond acceptors (Lipinski definition) is 4. The lowest BCUT2D eigenvalue weighted by Crippen LogP contribution is -2.38. The third kappa shape index (κ3) is 7.10. The molecule has 0 radical (unpaired) electrons. The first-order valence-electron chi connectivity index (χ1n) is 7.70. The quantitative estimate of drug-likeness (QED) is 0.499. The van der Waals surface area contributed by atoms with Gasteiger partial charge in [-0.25, -0.2) is 0 Å². The molecule has 1 aliphatic heterocycles. The molecular weight excluding hydrogens is 337 g/mol. The van der Waals surface area contributed by atoms with Crippen LogP contribution in [0.2, 0.25) is 5.02 Å². The Bertz CT molecular complexity index is 465. The molecule has 0 spiro atoms. The summed E-state index contributed by atoms with van der Waals surface area (Å²) >= 11 is 6.19. The predicted octanol–water partition coefficient (Wildman–Crippen LogP) is 3.22. The van der Waals surface area contributed by atoms with Crippen molar-refractivity contribution in [2.45, 2.75) is 6.42 Å². The molecule has 0 saturated carbocycles. The van der Waals surface area contributed by atoms with Crippen molar-refractivity contribution in [3.63, 3.8) is 0 Å². The topological polar surface area (TPSA) is 30.9 Å². The van der Waals surface area contributed by atoms with Gasteiger partial charge in [-0.05, 0) is 18.1 Å². The molecule has 1 fully saturated rings.